The molecule has 144 valence electrons. The zero-order chi connectivity index (χ0) is 18.5. The molecule has 0 bridgehead atoms. The van der Waals surface area contributed by atoms with Crippen molar-refractivity contribution >= 4 is 5.91 Å². The van der Waals surface area contributed by atoms with Gasteiger partial charge in [0.1, 0.15) is 0 Å². The molecule has 2 saturated carbocycles. The van der Waals surface area contributed by atoms with Crippen molar-refractivity contribution in [1.29, 1.82) is 0 Å². The highest BCUT2D eigenvalue weighted by Gasteiger charge is 2.34. The topological polar surface area (TPSA) is 55.6 Å². The van der Waals surface area contributed by atoms with Gasteiger partial charge in [-0.25, -0.2) is 0 Å². The molecule has 2 aliphatic carbocycles. The molecule has 26 heavy (non-hydrogen) atoms. The molecule has 0 unspecified atom stereocenters. The third kappa shape index (κ3) is 4.86. The molecule has 0 saturated heterocycles. The van der Waals surface area contributed by atoms with Gasteiger partial charge in [-0.3, -0.25) is 4.79 Å². The van der Waals surface area contributed by atoms with Crippen LogP contribution in [0.15, 0.2) is 24.3 Å². The minimum absolute atomic E-state index is 0.147. The van der Waals surface area contributed by atoms with E-state index >= 15 is 0 Å². The number of amides is 1. The summed E-state index contributed by atoms with van der Waals surface area (Å²) in [6, 6.07) is 8.60. The van der Waals surface area contributed by atoms with Crippen molar-refractivity contribution in [1.82, 2.24) is 4.90 Å². The van der Waals surface area contributed by atoms with Crippen molar-refractivity contribution in [2.45, 2.75) is 70.6 Å². The number of hydrogen-bond donors (Lipinski definition) is 1. The SMILES string of the molecule is Cc1cccc(COCC2CCC([C@H](N)C(=O)N(C)C3CCC3)CC2)c1. The molecular weight excluding hydrogens is 324 g/mol. The number of likely N-dealkylation sites (N-methyl/N-ethyl adjacent to an activating group) is 1. The van der Waals surface area contributed by atoms with Gasteiger partial charge in [-0.15, -0.1) is 0 Å². The van der Waals surface area contributed by atoms with Crippen LogP contribution in [0.25, 0.3) is 0 Å². The number of hydrogen-bond acceptors (Lipinski definition) is 3. The van der Waals surface area contributed by atoms with Crippen molar-refractivity contribution in [3.8, 4) is 0 Å². The lowest BCUT2D eigenvalue weighted by Crippen LogP contribution is -2.52. The first-order valence-corrected chi connectivity index (χ1v) is 10.2. The predicted octanol–water partition coefficient (Wildman–Crippen LogP) is 3.66. The molecule has 1 atom stereocenters. The molecule has 0 radical (unpaired) electrons. The molecule has 3 rings (SSSR count). The van der Waals surface area contributed by atoms with Crippen molar-refractivity contribution in [3.63, 3.8) is 0 Å². The van der Waals surface area contributed by atoms with Crippen LogP contribution >= 0.6 is 0 Å². The molecular formula is C22H34N2O2. The zero-order valence-corrected chi connectivity index (χ0v) is 16.3. The number of nitrogens with two attached hydrogens (primary N) is 1. The van der Waals surface area contributed by atoms with Gasteiger partial charge in [0.15, 0.2) is 0 Å². The fourth-order valence-corrected chi connectivity index (χ4v) is 4.25. The van der Waals surface area contributed by atoms with Crippen LogP contribution in [0.3, 0.4) is 0 Å². The van der Waals surface area contributed by atoms with E-state index in [1.54, 1.807) is 0 Å². The van der Waals surface area contributed by atoms with Gasteiger partial charge in [0.2, 0.25) is 5.91 Å². The maximum atomic E-state index is 12.6. The number of nitrogens with zero attached hydrogens (tertiary/aromatic N) is 1. The fraction of sp³-hybridized carbons (Fsp3) is 0.682. The fourth-order valence-electron chi connectivity index (χ4n) is 4.25. The number of benzene rings is 1. The van der Waals surface area contributed by atoms with E-state index in [4.69, 9.17) is 10.5 Å². The van der Waals surface area contributed by atoms with E-state index in [1.165, 1.54) is 17.5 Å². The van der Waals surface area contributed by atoms with E-state index in [0.29, 0.717) is 24.5 Å². The highest BCUT2D eigenvalue weighted by atomic mass is 16.5. The summed E-state index contributed by atoms with van der Waals surface area (Å²) in [7, 11) is 1.93. The van der Waals surface area contributed by atoms with Gasteiger partial charge in [0.25, 0.3) is 0 Å². The molecule has 0 spiro atoms. The molecule has 2 fully saturated rings. The molecule has 0 heterocycles. The quantitative estimate of drug-likeness (QED) is 0.809. The summed E-state index contributed by atoms with van der Waals surface area (Å²) in [5, 5.41) is 0. The van der Waals surface area contributed by atoms with Crippen LogP contribution in [-0.4, -0.2) is 36.5 Å². The minimum atomic E-state index is -0.324. The first-order chi connectivity index (χ1) is 12.5. The molecule has 0 aromatic heterocycles. The second-order valence-corrected chi connectivity index (χ2v) is 8.34. The average molecular weight is 359 g/mol. The number of aryl methyl sites for hydroxylation is 1. The lowest BCUT2D eigenvalue weighted by molar-refractivity contribution is -0.136. The van der Waals surface area contributed by atoms with E-state index in [1.807, 2.05) is 11.9 Å². The molecule has 4 nitrogen and oxygen atoms in total. The first kappa shape index (κ1) is 19.4. The van der Waals surface area contributed by atoms with Crippen LogP contribution in [-0.2, 0) is 16.1 Å². The van der Waals surface area contributed by atoms with Crippen molar-refractivity contribution in [2.75, 3.05) is 13.7 Å². The van der Waals surface area contributed by atoms with Crippen LogP contribution in [0.4, 0.5) is 0 Å². The summed E-state index contributed by atoms with van der Waals surface area (Å²) in [6.07, 6.45) is 7.85. The Morgan fingerprint density at radius 2 is 1.96 bits per heavy atom. The van der Waals surface area contributed by atoms with E-state index < -0.39 is 0 Å². The molecule has 2 N–H and O–H groups in total. The third-order valence-corrected chi connectivity index (χ3v) is 6.36. The summed E-state index contributed by atoms with van der Waals surface area (Å²) in [5.74, 6) is 1.08. The Balaban J connectivity index is 1.37. The number of carbonyl (C=O) groups is 1. The Kier molecular flexibility index (Phi) is 6.71. The summed E-state index contributed by atoms with van der Waals surface area (Å²) in [5.41, 5.74) is 8.84. The highest BCUT2D eigenvalue weighted by molar-refractivity contribution is 5.82. The van der Waals surface area contributed by atoms with Crippen LogP contribution in [0.1, 0.15) is 56.1 Å². The first-order valence-electron chi connectivity index (χ1n) is 10.2. The molecule has 1 aromatic carbocycles. The van der Waals surface area contributed by atoms with Gasteiger partial charge >= 0.3 is 0 Å². The van der Waals surface area contributed by atoms with Crippen LogP contribution in [0.2, 0.25) is 0 Å². The van der Waals surface area contributed by atoms with Gasteiger partial charge in [0, 0.05) is 19.7 Å². The number of ether oxygens (including phenoxy) is 1. The number of carbonyl (C=O) groups excluding carboxylic acids is 1. The van der Waals surface area contributed by atoms with E-state index in [0.717, 1.165) is 45.1 Å². The zero-order valence-electron chi connectivity index (χ0n) is 16.3. The lowest BCUT2D eigenvalue weighted by Gasteiger charge is -2.38. The molecule has 4 heteroatoms. The van der Waals surface area contributed by atoms with E-state index in [9.17, 15) is 4.79 Å². The minimum Gasteiger partial charge on any atom is -0.376 e. The Morgan fingerprint density at radius 3 is 2.58 bits per heavy atom. The van der Waals surface area contributed by atoms with Gasteiger partial charge in [-0.05, 0) is 69.3 Å². The Labute approximate surface area is 158 Å². The second-order valence-electron chi connectivity index (χ2n) is 8.34. The monoisotopic (exact) mass is 358 g/mol. The lowest BCUT2D eigenvalue weighted by atomic mass is 9.78. The second kappa shape index (κ2) is 9.01. The van der Waals surface area contributed by atoms with Crippen LogP contribution < -0.4 is 5.73 Å². The normalized spacial score (nSPS) is 24.7. The summed E-state index contributed by atoms with van der Waals surface area (Å²) in [6.45, 7) is 3.61. The van der Waals surface area contributed by atoms with Gasteiger partial charge in [0.05, 0.1) is 12.6 Å². The third-order valence-electron chi connectivity index (χ3n) is 6.36. The van der Waals surface area contributed by atoms with Gasteiger partial charge < -0.3 is 15.4 Å². The Hall–Kier alpha value is -1.39. The maximum absolute atomic E-state index is 12.6. The summed E-state index contributed by atoms with van der Waals surface area (Å²) >= 11 is 0. The van der Waals surface area contributed by atoms with E-state index in [2.05, 4.69) is 31.2 Å². The standard InChI is InChI=1S/C22H34N2O2/c1-16-5-3-6-18(13-16)15-26-14-17-9-11-19(12-10-17)21(23)22(25)24(2)20-7-4-8-20/h3,5-6,13,17,19-21H,4,7-12,14-15,23H2,1-2H3/t17?,19?,21-/m0/s1. The van der Waals surface area contributed by atoms with Crippen LogP contribution in [0.5, 0.6) is 0 Å². The van der Waals surface area contributed by atoms with Crippen molar-refractivity contribution in [3.05, 3.63) is 35.4 Å². The predicted molar refractivity (Wildman–Crippen MR) is 105 cm³/mol. The van der Waals surface area contributed by atoms with Crippen molar-refractivity contribution in [2.24, 2.45) is 17.6 Å². The Bertz CT molecular complexity index is 592. The van der Waals surface area contributed by atoms with Crippen molar-refractivity contribution < 1.29 is 9.53 Å². The van der Waals surface area contributed by atoms with Crippen LogP contribution in [0, 0.1) is 18.8 Å². The smallest absolute Gasteiger partial charge is 0.239 e. The Morgan fingerprint density at radius 1 is 1.23 bits per heavy atom. The molecule has 1 amide bonds. The number of rotatable bonds is 7. The largest absolute Gasteiger partial charge is 0.376 e. The van der Waals surface area contributed by atoms with Gasteiger partial charge in [-0.1, -0.05) is 29.8 Å². The summed E-state index contributed by atoms with van der Waals surface area (Å²) < 4.78 is 5.94. The maximum Gasteiger partial charge on any atom is 0.239 e. The van der Waals surface area contributed by atoms with Gasteiger partial charge in [-0.2, -0.15) is 0 Å². The average Bonchev–Trinajstić information content (AvgIpc) is 2.59. The molecule has 1 aromatic rings. The van der Waals surface area contributed by atoms with E-state index in [-0.39, 0.29) is 11.9 Å². The highest BCUT2D eigenvalue weighted by Crippen LogP contribution is 2.32. The summed E-state index contributed by atoms with van der Waals surface area (Å²) in [4.78, 5) is 14.5. The molecule has 0 aliphatic heterocycles. The molecule has 2 aliphatic rings.